The Morgan fingerprint density at radius 2 is 1.96 bits per heavy atom. The number of nitrogens with zero attached hydrogens (tertiary/aromatic N) is 4. The second-order valence-corrected chi connectivity index (χ2v) is 5.30. The average Bonchev–Trinajstić information content (AvgIpc) is 2.59. The molecular weight excluding hydrogens is 335 g/mol. The molecule has 1 aromatic carbocycles. The molecule has 0 unspecified atom stereocenters. The summed E-state index contributed by atoms with van der Waals surface area (Å²) in [5.74, 6) is -1.49. The summed E-state index contributed by atoms with van der Waals surface area (Å²) < 4.78 is 40.2. The zero-order valence-corrected chi connectivity index (χ0v) is 13.4. The molecule has 1 aromatic heterocycles. The van der Waals surface area contributed by atoms with E-state index in [1.165, 1.54) is 31.5 Å². The van der Waals surface area contributed by atoms with Crippen LogP contribution in [-0.4, -0.2) is 46.3 Å². The monoisotopic (exact) mass is 352 g/mol. The van der Waals surface area contributed by atoms with Gasteiger partial charge in [-0.2, -0.15) is 5.53 Å². The summed E-state index contributed by atoms with van der Waals surface area (Å²) >= 11 is 0. The topological polar surface area (TPSA) is 84.0 Å². The van der Waals surface area contributed by atoms with E-state index in [9.17, 15) is 18.0 Å². The maximum absolute atomic E-state index is 14.3. The number of benzene rings is 1. The van der Waals surface area contributed by atoms with Crippen molar-refractivity contribution in [1.82, 2.24) is 14.9 Å². The smallest absolute Gasteiger partial charge is 0.255 e. The molecule has 0 fully saturated rings. The molecule has 0 bridgehead atoms. The van der Waals surface area contributed by atoms with Crippen LogP contribution in [0.4, 0.5) is 13.2 Å². The number of hydrogen-bond donors (Lipinski definition) is 1. The molecule has 2 aromatic rings. The number of nitrogens with two attached hydrogens (primary N) is 1. The summed E-state index contributed by atoms with van der Waals surface area (Å²) in [4.78, 5) is 21.6. The number of halogens is 3. The van der Waals surface area contributed by atoms with Gasteiger partial charge < -0.3 is 4.90 Å². The highest BCUT2D eigenvalue weighted by Gasteiger charge is 2.28. The van der Waals surface area contributed by atoms with Gasteiger partial charge in [-0.3, -0.25) is 4.79 Å². The Kier molecular flexibility index (Phi) is 6.15. The van der Waals surface area contributed by atoms with Gasteiger partial charge in [-0.1, -0.05) is 6.07 Å². The molecule has 0 aliphatic heterocycles. The van der Waals surface area contributed by atoms with E-state index in [1.807, 2.05) is 0 Å². The molecule has 132 valence electrons. The maximum atomic E-state index is 14.3. The minimum absolute atomic E-state index is 0.00267. The van der Waals surface area contributed by atoms with E-state index in [0.29, 0.717) is 0 Å². The fourth-order valence-electron chi connectivity index (χ4n) is 2.38. The number of alkyl halides is 2. The first-order valence-electron chi connectivity index (χ1n) is 7.47. The van der Waals surface area contributed by atoms with Crippen molar-refractivity contribution in [2.24, 2.45) is 5.11 Å². The van der Waals surface area contributed by atoms with Crippen LogP contribution in [0.25, 0.3) is 11.4 Å². The van der Waals surface area contributed by atoms with Gasteiger partial charge in [0.2, 0.25) is 0 Å². The Morgan fingerprint density at radius 3 is 2.56 bits per heavy atom. The molecule has 0 spiro atoms. The highest BCUT2D eigenvalue weighted by Crippen LogP contribution is 2.25. The van der Waals surface area contributed by atoms with Gasteiger partial charge in [0.15, 0.2) is 5.82 Å². The predicted molar refractivity (Wildman–Crippen MR) is 83.1 cm³/mol. The summed E-state index contributed by atoms with van der Waals surface area (Å²) in [6.07, 6.45) is 0.0420. The quantitative estimate of drug-likeness (QED) is 0.768. The molecule has 0 saturated carbocycles. The van der Waals surface area contributed by atoms with Crippen LogP contribution in [0, 0.1) is 5.82 Å². The number of carbonyl (C=O) groups is 1. The highest BCUT2D eigenvalue weighted by molar-refractivity contribution is 6.00. The molecule has 0 aliphatic carbocycles. The van der Waals surface area contributed by atoms with Gasteiger partial charge >= 0.3 is 0 Å². The largest absolute Gasteiger partial charge is 0.328 e. The molecular formula is C16H17F3N5O+. The van der Waals surface area contributed by atoms with Gasteiger partial charge in [-0.25, -0.2) is 23.1 Å². The third-order valence-electron chi connectivity index (χ3n) is 3.53. The summed E-state index contributed by atoms with van der Waals surface area (Å²) in [5.41, 5.74) is 4.87. The molecule has 0 radical (unpaired) electrons. The summed E-state index contributed by atoms with van der Waals surface area (Å²) in [6.45, 7) is 0.695. The normalized spacial score (nSPS) is 12.0. The lowest BCUT2D eigenvalue weighted by molar-refractivity contribution is -0.223. The van der Waals surface area contributed by atoms with Crippen LogP contribution in [0.2, 0.25) is 0 Å². The first kappa shape index (κ1) is 18.5. The lowest BCUT2D eigenvalue weighted by Crippen LogP contribution is -2.44. The van der Waals surface area contributed by atoms with Gasteiger partial charge in [-0.05, 0) is 30.2 Å². The Morgan fingerprint density at radius 1 is 1.28 bits per heavy atom. The van der Waals surface area contributed by atoms with Gasteiger partial charge in [0, 0.05) is 12.4 Å². The first-order valence-corrected chi connectivity index (χ1v) is 7.47. The number of aromatic nitrogens is 2. The zero-order valence-electron chi connectivity index (χ0n) is 13.4. The second-order valence-electron chi connectivity index (χ2n) is 5.30. The van der Waals surface area contributed by atoms with E-state index in [1.54, 1.807) is 6.07 Å². The number of carbonyl (C=O) groups excluding carboxylic acids is 1. The van der Waals surface area contributed by atoms with Crippen LogP contribution < -0.4 is 5.53 Å². The van der Waals surface area contributed by atoms with Crippen molar-refractivity contribution in [1.29, 1.82) is 0 Å². The van der Waals surface area contributed by atoms with E-state index in [0.717, 1.165) is 11.0 Å². The highest BCUT2D eigenvalue weighted by atomic mass is 19.3. The molecule has 1 atom stereocenters. The molecule has 2 N–H and O–H groups in total. The average molecular weight is 352 g/mol. The summed E-state index contributed by atoms with van der Waals surface area (Å²) in [5, 5.41) is 3.40. The Bertz CT molecular complexity index is 742. The Hall–Kier alpha value is -2.84. The van der Waals surface area contributed by atoms with Crippen LogP contribution in [0.15, 0.2) is 41.8 Å². The molecule has 0 saturated heterocycles. The summed E-state index contributed by atoms with van der Waals surface area (Å²) in [7, 11) is 0. The number of rotatable bonds is 7. The van der Waals surface area contributed by atoms with E-state index in [2.05, 4.69) is 15.1 Å². The lowest BCUT2D eigenvalue weighted by atomic mass is 10.0. The van der Waals surface area contributed by atoms with Gasteiger partial charge in [0.25, 0.3) is 12.3 Å². The van der Waals surface area contributed by atoms with Crippen LogP contribution >= 0.6 is 0 Å². The van der Waals surface area contributed by atoms with Crippen molar-refractivity contribution in [3.05, 3.63) is 48.0 Å². The molecule has 6 nitrogen and oxygen atoms in total. The van der Waals surface area contributed by atoms with Gasteiger partial charge in [-0.15, -0.1) is 0 Å². The fraction of sp³-hybridized carbons (Fsp3) is 0.312. The third kappa shape index (κ3) is 4.37. The van der Waals surface area contributed by atoms with Crippen molar-refractivity contribution in [3.63, 3.8) is 0 Å². The Balaban J connectivity index is 2.50. The van der Waals surface area contributed by atoms with Crippen LogP contribution in [0.3, 0.4) is 0 Å². The van der Waals surface area contributed by atoms with Crippen LogP contribution in [-0.2, 0) is 0 Å². The van der Waals surface area contributed by atoms with Gasteiger partial charge in [0.05, 0.1) is 23.7 Å². The molecule has 1 amide bonds. The van der Waals surface area contributed by atoms with Crippen LogP contribution in [0.5, 0.6) is 0 Å². The minimum atomic E-state index is -2.76. The fourth-order valence-corrected chi connectivity index (χ4v) is 2.38. The number of hydrogen-bond acceptors (Lipinski definition) is 4. The third-order valence-corrected chi connectivity index (χ3v) is 3.53. The molecule has 1 heterocycles. The Labute approximate surface area is 142 Å². The molecule has 0 aliphatic rings. The van der Waals surface area contributed by atoms with Crippen molar-refractivity contribution in [2.75, 3.05) is 13.1 Å². The predicted octanol–water partition coefficient (Wildman–Crippen LogP) is 1.59. The molecule has 25 heavy (non-hydrogen) atoms. The molecule has 2 rings (SSSR count). The van der Waals surface area contributed by atoms with E-state index in [-0.39, 0.29) is 23.5 Å². The minimum Gasteiger partial charge on any atom is -0.328 e. The van der Waals surface area contributed by atoms with Crippen molar-refractivity contribution < 1.29 is 23.5 Å². The van der Waals surface area contributed by atoms with Crippen molar-refractivity contribution in [3.8, 4) is 11.4 Å². The van der Waals surface area contributed by atoms with E-state index >= 15 is 0 Å². The summed E-state index contributed by atoms with van der Waals surface area (Å²) in [6, 6.07) is 4.69. The van der Waals surface area contributed by atoms with Gasteiger partial charge in [0.1, 0.15) is 12.4 Å². The van der Waals surface area contributed by atoms with Crippen LogP contribution in [0.1, 0.15) is 17.3 Å². The second kappa shape index (κ2) is 8.32. The maximum Gasteiger partial charge on any atom is 0.255 e. The van der Waals surface area contributed by atoms with Crippen molar-refractivity contribution >= 4 is 5.91 Å². The van der Waals surface area contributed by atoms with E-state index < -0.39 is 30.7 Å². The van der Waals surface area contributed by atoms with E-state index in [4.69, 9.17) is 5.53 Å². The number of amides is 1. The SMILES string of the molecule is C[C@@H](CN=[NH2+])N(CC(F)F)C(=O)c1cccc(F)c1-c1ncccn1. The zero-order chi connectivity index (χ0) is 18.4. The van der Waals surface area contributed by atoms with Crippen molar-refractivity contribution in [2.45, 2.75) is 19.4 Å². The standard InChI is InChI=1S/C16H16F3N5O/c1-10(8-23-20)24(9-13(18)19)16(25)11-4-2-5-12(17)14(11)15-21-6-3-7-22-15/h2-7,10,13,20H,8-9H2,1H3/p+1/t10-/m0/s1. The lowest BCUT2D eigenvalue weighted by Gasteiger charge is -2.28. The molecule has 9 heteroatoms. The first-order chi connectivity index (χ1) is 12.0.